The molecule has 1 rings (SSSR count). The Hall–Kier alpha value is -2.56. The van der Waals surface area contributed by atoms with Gasteiger partial charge in [-0.1, -0.05) is 12.2 Å². The second kappa shape index (κ2) is 7.13. The largest absolute Gasteiger partial charge is 0.478 e. The van der Waals surface area contributed by atoms with Crippen LogP contribution in [0.25, 0.3) is 0 Å². The van der Waals surface area contributed by atoms with Crippen LogP contribution in [0.4, 0.5) is 10.5 Å². The van der Waals surface area contributed by atoms with Crippen LogP contribution in [0.3, 0.4) is 0 Å². The van der Waals surface area contributed by atoms with Gasteiger partial charge in [-0.15, -0.1) is 13.2 Å². The van der Waals surface area contributed by atoms with E-state index in [9.17, 15) is 9.59 Å². The molecule has 0 radical (unpaired) electrons. The van der Waals surface area contributed by atoms with Crippen LogP contribution in [0.5, 0.6) is 0 Å². The molecule has 0 saturated carbocycles. The molecule has 1 aromatic rings. The summed E-state index contributed by atoms with van der Waals surface area (Å²) in [4.78, 5) is 24.5. The van der Waals surface area contributed by atoms with Crippen LogP contribution in [0.1, 0.15) is 15.9 Å². The first-order chi connectivity index (χ1) is 9.49. The predicted molar refractivity (Wildman–Crippen MR) is 79.1 cm³/mol. The fourth-order valence-corrected chi connectivity index (χ4v) is 1.74. The van der Waals surface area contributed by atoms with E-state index < -0.39 is 5.97 Å². The van der Waals surface area contributed by atoms with Crippen LogP contribution in [-0.4, -0.2) is 35.1 Å². The van der Waals surface area contributed by atoms with Gasteiger partial charge in [0.2, 0.25) is 0 Å². The van der Waals surface area contributed by atoms with Gasteiger partial charge in [0.15, 0.2) is 0 Å². The minimum Gasteiger partial charge on any atom is -0.478 e. The highest BCUT2D eigenvalue weighted by molar-refractivity contribution is 5.92. The van der Waals surface area contributed by atoms with Crippen molar-refractivity contribution in [3.63, 3.8) is 0 Å². The molecule has 0 heterocycles. The highest BCUT2D eigenvalue weighted by Gasteiger charge is 2.12. The number of anilines is 1. The van der Waals surface area contributed by atoms with Crippen molar-refractivity contribution >= 4 is 17.7 Å². The number of carbonyl (C=O) groups excluding carboxylic acids is 1. The van der Waals surface area contributed by atoms with Crippen molar-refractivity contribution in [3.05, 3.63) is 54.6 Å². The molecule has 0 aromatic heterocycles. The van der Waals surface area contributed by atoms with Gasteiger partial charge in [0.1, 0.15) is 0 Å². The molecule has 106 valence electrons. The molecule has 0 aliphatic rings. The molecule has 0 atom stereocenters. The van der Waals surface area contributed by atoms with E-state index in [1.54, 1.807) is 31.2 Å². The highest BCUT2D eigenvalue weighted by Crippen LogP contribution is 2.15. The van der Waals surface area contributed by atoms with Gasteiger partial charge in [0.25, 0.3) is 0 Å². The number of urea groups is 1. The number of rotatable bonds is 6. The van der Waals surface area contributed by atoms with Gasteiger partial charge in [-0.2, -0.15) is 0 Å². The molecule has 2 N–H and O–H groups in total. The first kappa shape index (κ1) is 15.5. The smallest absolute Gasteiger partial charge is 0.335 e. The molecule has 0 fully saturated rings. The van der Waals surface area contributed by atoms with Crippen molar-refractivity contribution in [3.8, 4) is 0 Å². The van der Waals surface area contributed by atoms with Gasteiger partial charge < -0.3 is 15.3 Å². The van der Waals surface area contributed by atoms with Crippen molar-refractivity contribution in [2.24, 2.45) is 0 Å². The van der Waals surface area contributed by atoms with E-state index in [1.807, 2.05) is 0 Å². The van der Waals surface area contributed by atoms with Crippen molar-refractivity contribution in [2.45, 2.75) is 6.92 Å². The van der Waals surface area contributed by atoms with Gasteiger partial charge in [-0.3, -0.25) is 0 Å². The minimum absolute atomic E-state index is 0.219. The molecule has 0 spiro atoms. The zero-order valence-corrected chi connectivity index (χ0v) is 11.4. The maximum absolute atomic E-state index is 12.0. The van der Waals surface area contributed by atoms with E-state index in [-0.39, 0.29) is 11.6 Å². The lowest BCUT2D eigenvalue weighted by Crippen LogP contribution is -2.35. The van der Waals surface area contributed by atoms with Crippen molar-refractivity contribution in [2.75, 3.05) is 18.4 Å². The monoisotopic (exact) mass is 274 g/mol. The number of amides is 2. The summed E-state index contributed by atoms with van der Waals surface area (Å²) in [5.41, 5.74) is 1.36. The number of carboxylic acid groups (broad SMARTS) is 1. The van der Waals surface area contributed by atoms with Crippen molar-refractivity contribution < 1.29 is 14.7 Å². The number of nitrogens with zero attached hydrogens (tertiary/aromatic N) is 1. The van der Waals surface area contributed by atoms with Gasteiger partial charge >= 0.3 is 12.0 Å². The number of benzene rings is 1. The lowest BCUT2D eigenvalue weighted by atomic mass is 10.1. The summed E-state index contributed by atoms with van der Waals surface area (Å²) < 4.78 is 0. The van der Waals surface area contributed by atoms with Crippen LogP contribution in [0, 0.1) is 6.92 Å². The van der Waals surface area contributed by atoms with Crippen LogP contribution in [-0.2, 0) is 0 Å². The molecule has 0 saturated heterocycles. The topological polar surface area (TPSA) is 69.6 Å². The molecule has 20 heavy (non-hydrogen) atoms. The normalized spacial score (nSPS) is 9.65. The quantitative estimate of drug-likeness (QED) is 0.784. The van der Waals surface area contributed by atoms with Gasteiger partial charge in [-0.05, 0) is 30.7 Å². The molecule has 1 aromatic carbocycles. The Labute approximate surface area is 118 Å². The Morgan fingerprint density at radius 2 is 1.90 bits per heavy atom. The average Bonchev–Trinajstić information content (AvgIpc) is 2.38. The van der Waals surface area contributed by atoms with Crippen LogP contribution in [0.15, 0.2) is 43.5 Å². The van der Waals surface area contributed by atoms with Crippen LogP contribution in [0.2, 0.25) is 0 Å². The first-order valence-corrected chi connectivity index (χ1v) is 6.11. The van der Waals surface area contributed by atoms with Gasteiger partial charge in [0.05, 0.1) is 5.56 Å². The lowest BCUT2D eigenvalue weighted by Gasteiger charge is -2.20. The zero-order valence-electron chi connectivity index (χ0n) is 11.4. The summed E-state index contributed by atoms with van der Waals surface area (Å²) in [6.07, 6.45) is 3.25. The number of hydrogen-bond donors (Lipinski definition) is 2. The zero-order chi connectivity index (χ0) is 15.1. The highest BCUT2D eigenvalue weighted by atomic mass is 16.4. The fraction of sp³-hybridized carbons (Fsp3) is 0.200. The Morgan fingerprint density at radius 3 is 2.35 bits per heavy atom. The summed E-state index contributed by atoms with van der Waals surface area (Å²) in [5, 5.41) is 11.7. The molecule has 0 aliphatic carbocycles. The van der Waals surface area contributed by atoms with E-state index >= 15 is 0 Å². The summed E-state index contributed by atoms with van der Waals surface area (Å²) >= 11 is 0. The van der Waals surface area contributed by atoms with Crippen LogP contribution >= 0.6 is 0 Å². The molecule has 5 heteroatoms. The maximum Gasteiger partial charge on any atom is 0.335 e. The third kappa shape index (κ3) is 3.98. The van der Waals surface area contributed by atoms with Gasteiger partial charge in [0, 0.05) is 18.8 Å². The number of aryl methyl sites for hydroxylation is 1. The molecular formula is C15H18N2O3. The van der Waals surface area contributed by atoms with E-state index in [0.29, 0.717) is 24.3 Å². The second-order valence-electron chi connectivity index (χ2n) is 4.25. The van der Waals surface area contributed by atoms with E-state index in [0.717, 1.165) is 0 Å². The van der Waals surface area contributed by atoms with E-state index in [4.69, 9.17) is 5.11 Å². The van der Waals surface area contributed by atoms with Crippen molar-refractivity contribution in [1.82, 2.24) is 4.90 Å². The number of nitrogens with one attached hydrogen (secondary N) is 1. The summed E-state index contributed by atoms with van der Waals surface area (Å²) in [7, 11) is 0. The number of aromatic carboxylic acids is 1. The third-order valence-electron chi connectivity index (χ3n) is 2.69. The molecule has 0 aliphatic heterocycles. The summed E-state index contributed by atoms with van der Waals surface area (Å²) in [6.45, 7) is 9.69. The molecular weight excluding hydrogens is 256 g/mol. The molecule has 0 bridgehead atoms. The van der Waals surface area contributed by atoms with Gasteiger partial charge in [-0.25, -0.2) is 9.59 Å². The van der Waals surface area contributed by atoms with Crippen molar-refractivity contribution in [1.29, 1.82) is 0 Å². The maximum atomic E-state index is 12.0. The first-order valence-electron chi connectivity index (χ1n) is 6.11. The van der Waals surface area contributed by atoms with Crippen LogP contribution < -0.4 is 5.32 Å². The minimum atomic E-state index is -0.986. The third-order valence-corrected chi connectivity index (χ3v) is 2.69. The second-order valence-corrected chi connectivity index (χ2v) is 4.25. The Morgan fingerprint density at radius 1 is 1.30 bits per heavy atom. The molecule has 0 unspecified atom stereocenters. The number of carbonyl (C=O) groups is 2. The predicted octanol–water partition coefficient (Wildman–Crippen LogP) is 2.90. The Balaban J connectivity index is 2.84. The Bertz CT molecular complexity index is 528. The summed E-state index contributed by atoms with van der Waals surface area (Å²) in [6, 6.07) is 4.38. The van der Waals surface area contributed by atoms with E-state index in [1.165, 1.54) is 11.0 Å². The van der Waals surface area contributed by atoms with E-state index in [2.05, 4.69) is 18.5 Å². The lowest BCUT2D eigenvalue weighted by molar-refractivity contribution is 0.0696. The fourth-order valence-electron chi connectivity index (χ4n) is 1.74. The average molecular weight is 274 g/mol. The standard InChI is InChI=1S/C15H18N2O3/c1-4-8-17(9-5-2)15(20)16-12-6-7-13(14(18)19)11(3)10-12/h4-7,10H,1-2,8-9H2,3H3,(H,16,20)(H,18,19). The Kier molecular flexibility index (Phi) is 5.53. The number of hydrogen-bond acceptors (Lipinski definition) is 2. The molecule has 5 nitrogen and oxygen atoms in total. The SMILES string of the molecule is C=CCN(CC=C)C(=O)Nc1ccc(C(=O)O)c(C)c1. The summed E-state index contributed by atoms with van der Waals surface area (Å²) in [5.74, 6) is -0.986. The number of carboxylic acids is 1. The molecule has 2 amide bonds.